The maximum Gasteiger partial charge on any atom is 0.358 e. The molecule has 0 atom stereocenters. The van der Waals surface area contributed by atoms with Gasteiger partial charge in [0, 0.05) is 28.6 Å². The van der Waals surface area contributed by atoms with Gasteiger partial charge < -0.3 is 14.5 Å². The number of nitrogens with zero attached hydrogens (tertiary/aromatic N) is 2. The molecule has 0 radical (unpaired) electrons. The first-order valence-electron chi connectivity index (χ1n) is 9.95. The average molecular weight is 522 g/mol. The van der Waals surface area contributed by atoms with Crippen LogP contribution in [0.3, 0.4) is 0 Å². The van der Waals surface area contributed by atoms with Crippen molar-refractivity contribution in [2.75, 3.05) is 18.6 Å². The number of carbonyl (C=O) groups is 1. The lowest BCUT2D eigenvalue weighted by Crippen LogP contribution is -2.18. The van der Waals surface area contributed by atoms with Gasteiger partial charge >= 0.3 is 5.97 Å². The highest BCUT2D eigenvalue weighted by Crippen LogP contribution is 2.47. The number of aliphatic carboxylic acids is 1. The Labute approximate surface area is 199 Å². The average Bonchev–Trinajstić information content (AvgIpc) is 3.04. The minimum Gasteiger partial charge on any atom is -0.476 e. The molecule has 0 bridgehead atoms. The van der Waals surface area contributed by atoms with Crippen molar-refractivity contribution < 1.29 is 14.7 Å². The largest absolute Gasteiger partial charge is 0.476 e. The van der Waals surface area contributed by atoms with Gasteiger partial charge in [-0.3, -0.25) is 0 Å². The Bertz CT molecular complexity index is 1090. The zero-order chi connectivity index (χ0) is 22.4. The summed E-state index contributed by atoms with van der Waals surface area (Å²) in [5.74, 6) is 0.939. The molecule has 0 saturated heterocycles. The van der Waals surface area contributed by atoms with Gasteiger partial charge in [-0.15, -0.1) is 23.5 Å². The molecule has 8 heteroatoms. The standard InChI is InChI=1S/C23H25BrN2O3S2/c1-4-30-23(31-5-2)19-17-12-8-9-13-18(17)26(21(19)24)14-15-10-6-7-11-16(15)20(22(27)28)25-29-3/h6-13,23H,4-5,14H2,1-3H3,(H,27,28). The van der Waals surface area contributed by atoms with Gasteiger partial charge in [-0.25, -0.2) is 4.79 Å². The molecule has 164 valence electrons. The topological polar surface area (TPSA) is 63.8 Å². The second-order valence-electron chi connectivity index (χ2n) is 6.64. The van der Waals surface area contributed by atoms with E-state index in [4.69, 9.17) is 4.84 Å². The number of benzene rings is 2. The van der Waals surface area contributed by atoms with Crippen LogP contribution in [0.4, 0.5) is 0 Å². The quantitative estimate of drug-likeness (QED) is 0.190. The van der Waals surface area contributed by atoms with E-state index in [0.717, 1.165) is 27.2 Å². The number of para-hydroxylation sites is 1. The summed E-state index contributed by atoms with van der Waals surface area (Å²) in [5.41, 5.74) is 3.68. The van der Waals surface area contributed by atoms with Gasteiger partial charge in [0.05, 0.1) is 9.19 Å². The summed E-state index contributed by atoms with van der Waals surface area (Å²) >= 11 is 7.73. The molecular formula is C23H25BrN2O3S2. The van der Waals surface area contributed by atoms with Crippen molar-refractivity contribution in [2.24, 2.45) is 5.16 Å². The number of hydrogen-bond donors (Lipinski definition) is 1. The highest BCUT2D eigenvalue weighted by molar-refractivity contribution is 9.10. The number of hydrogen-bond acceptors (Lipinski definition) is 5. The van der Waals surface area contributed by atoms with Crippen molar-refractivity contribution in [2.45, 2.75) is 25.0 Å². The van der Waals surface area contributed by atoms with Crippen LogP contribution in [0.15, 0.2) is 58.3 Å². The van der Waals surface area contributed by atoms with E-state index >= 15 is 0 Å². The van der Waals surface area contributed by atoms with Crippen LogP contribution in [0.5, 0.6) is 0 Å². The van der Waals surface area contributed by atoms with E-state index in [0.29, 0.717) is 16.7 Å². The third-order valence-electron chi connectivity index (χ3n) is 4.80. The van der Waals surface area contributed by atoms with Crippen molar-refractivity contribution >= 4 is 62.0 Å². The molecule has 0 amide bonds. The van der Waals surface area contributed by atoms with Crippen LogP contribution in [0.25, 0.3) is 10.9 Å². The zero-order valence-electron chi connectivity index (χ0n) is 17.7. The SMILES string of the molecule is CCSC(SCC)c1c(Br)n(Cc2ccccc2C(=NOC)C(=O)O)c2ccccc12. The summed E-state index contributed by atoms with van der Waals surface area (Å²) in [6.07, 6.45) is 0. The van der Waals surface area contributed by atoms with E-state index in [2.05, 4.69) is 57.7 Å². The maximum absolute atomic E-state index is 11.8. The number of carboxylic acids is 1. The van der Waals surface area contributed by atoms with Gasteiger partial charge in [0.15, 0.2) is 5.71 Å². The van der Waals surface area contributed by atoms with Crippen LogP contribution in [-0.4, -0.2) is 40.0 Å². The van der Waals surface area contributed by atoms with Crippen LogP contribution in [0.2, 0.25) is 0 Å². The van der Waals surface area contributed by atoms with E-state index in [9.17, 15) is 9.90 Å². The number of thioether (sulfide) groups is 2. The van der Waals surface area contributed by atoms with E-state index < -0.39 is 5.97 Å². The third-order valence-corrected chi connectivity index (χ3v) is 8.22. The molecule has 5 nitrogen and oxygen atoms in total. The first-order valence-corrected chi connectivity index (χ1v) is 12.8. The summed E-state index contributed by atoms with van der Waals surface area (Å²) in [6, 6.07) is 15.8. The van der Waals surface area contributed by atoms with E-state index in [1.54, 1.807) is 6.07 Å². The summed E-state index contributed by atoms with van der Waals surface area (Å²) in [7, 11) is 1.35. The molecule has 1 N–H and O–H groups in total. The summed E-state index contributed by atoms with van der Waals surface area (Å²) in [6.45, 7) is 4.87. The lowest BCUT2D eigenvalue weighted by molar-refractivity contribution is -0.129. The highest BCUT2D eigenvalue weighted by Gasteiger charge is 2.24. The molecular weight excluding hydrogens is 496 g/mol. The molecule has 0 aliphatic carbocycles. The lowest BCUT2D eigenvalue weighted by atomic mass is 10.0. The minimum atomic E-state index is -1.12. The van der Waals surface area contributed by atoms with Crippen molar-refractivity contribution in [3.05, 3.63) is 69.8 Å². The number of oxime groups is 1. The van der Waals surface area contributed by atoms with Crippen molar-refractivity contribution in [1.29, 1.82) is 0 Å². The summed E-state index contributed by atoms with van der Waals surface area (Å²) < 4.78 is 3.54. The van der Waals surface area contributed by atoms with E-state index in [-0.39, 0.29) is 5.71 Å². The number of fused-ring (bicyclic) bond motifs is 1. The molecule has 3 rings (SSSR count). The van der Waals surface area contributed by atoms with Crippen LogP contribution in [-0.2, 0) is 16.2 Å². The molecule has 0 spiro atoms. The first-order chi connectivity index (χ1) is 15.0. The first kappa shape index (κ1) is 23.8. The van der Waals surface area contributed by atoms with Crippen LogP contribution < -0.4 is 0 Å². The Kier molecular flexibility index (Phi) is 8.51. The second kappa shape index (κ2) is 11.1. The molecule has 0 aliphatic rings. The minimum absolute atomic E-state index is 0.105. The molecule has 31 heavy (non-hydrogen) atoms. The molecule has 0 aliphatic heterocycles. The van der Waals surface area contributed by atoms with Crippen molar-refractivity contribution in [1.82, 2.24) is 4.57 Å². The lowest BCUT2D eigenvalue weighted by Gasteiger charge is -2.16. The van der Waals surface area contributed by atoms with Gasteiger partial charge in [0.25, 0.3) is 0 Å². The van der Waals surface area contributed by atoms with Crippen molar-refractivity contribution in [3.8, 4) is 0 Å². The van der Waals surface area contributed by atoms with E-state index in [1.165, 1.54) is 18.1 Å². The van der Waals surface area contributed by atoms with Crippen LogP contribution in [0, 0.1) is 0 Å². The predicted octanol–water partition coefficient (Wildman–Crippen LogP) is 6.39. The molecule has 0 saturated carbocycles. The Morgan fingerprint density at radius 1 is 1.13 bits per heavy atom. The van der Waals surface area contributed by atoms with Gasteiger partial charge in [0.1, 0.15) is 7.11 Å². The normalized spacial score (nSPS) is 12.0. The zero-order valence-corrected chi connectivity index (χ0v) is 20.9. The molecule has 0 unspecified atom stereocenters. The second-order valence-corrected chi connectivity index (χ2v) is 10.4. The fraction of sp³-hybridized carbons (Fsp3) is 0.304. The number of rotatable bonds is 10. The maximum atomic E-state index is 11.8. The Morgan fingerprint density at radius 3 is 2.42 bits per heavy atom. The van der Waals surface area contributed by atoms with Gasteiger partial charge in [0.2, 0.25) is 0 Å². The van der Waals surface area contributed by atoms with Gasteiger partial charge in [-0.05, 0) is 39.1 Å². The number of halogens is 1. The number of carboxylic acid groups (broad SMARTS) is 1. The van der Waals surface area contributed by atoms with E-state index in [1.807, 2.05) is 47.8 Å². The van der Waals surface area contributed by atoms with Crippen LogP contribution in [0.1, 0.15) is 35.1 Å². The Morgan fingerprint density at radius 2 is 1.77 bits per heavy atom. The summed E-state index contributed by atoms with van der Waals surface area (Å²) in [5, 5.41) is 14.6. The molecule has 1 heterocycles. The highest BCUT2D eigenvalue weighted by atomic mass is 79.9. The number of aromatic nitrogens is 1. The molecule has 0 fully saturated rings. The monoisotopic (exact) mass is 520 g/mol. The van der Waals surface area contributed by atoms with Crippen LogP contribution >= 0.6 is 39.5 Å². The molecule has 3 aromatic rings. The fourth-order valence-electron chi connectivity index (χ4n) is 3.55. The van der Waals surface area contributed by atoms with Gasteiger partial charge in [-0.2, -0.15) is 0 Å². The fourth-order valence-corrected chi connectivity index (χ4v) is 7.23. The molecule has 2 aromatic carbocycles. The Balaban J connectivity index is 2.15. The van der Waals surface area contributed by atoms with Gasteiger partial charge in [-0.1, -0.05) is 61.5 Å². The summed E-state index contributed by atoms with van der Waals surface area (Å²) in [4.78, 5) is 16.6. The Hall–Kier alpha value is -1.90. The van der Waals surface area contributed by atoms with Crippen molar-refractivity contribution in [3.63, 3.8) is 0 Å². The smallest absolute Gasteiger partial charge is 0.358 e. The third kappa shape index (κ3) is 5.13. The predicted molar refractivity (Wildman–Crippen MR) is 135 cm³/mol. The molecule has 1 aromatic heterocycles.